The average molecular weight is 297 g/mol. The van der Waals surface area contributed by atoms with Gasteiger partial charge in [0.15, 0.2) is 0 Å². The molecule has 0 heterocycles. The number of benzene rings is 1. The smallest absolute Gasteiger partial charge is 0.338 e. The van der Waals surface area contributed by atoms with Gasteiger partial charge < -0.3 is 19.7 Å². The Morgan fingerprint density at radius 2 is 1.95 bits per heavy atom. The molecule has 1 N–H and O–H groups in total. The van der Waals surface area contributed by atoms with E-state index in [2.05, 4.69) is 0 Å². The Labute approximate surface area is 130 Å². The molecule has 0 aliphatic heterocycles. The first-order chi connectivity index (χ1) is 11.6. The molecule has 2 atom stereocenters. The summed E-state index contributed by atoms with van der Waals surface area (Å²) < 4.78 is 35.5. The molecule has 0 aliphatic rings. The molecule has 0 fully saturated rings. The van der Waals surface area contributed by atoms with Gasteiger partial charge in [-0.05, 0) is 31.7 Å². The Kier molecular flexibility index (Phi) is 4.71. The minimum atomic E-state index is -1.87. The van der Waals surface area contributed by atoms with Crippen molar-refractivity contribution in [1.82, 2.24) is 0 Å². The third-order valence-corrected chi connectivity index (χ3v) is 3.12. The first-order valence-corrected chi connectivity index (χ1v) is 6.78. The first kappa shape index (κ1) is 11.7. The summed E-state index contributed by atoms with van der Waals surface area (Å²) in [4.78, 5) is 23.5. The number of rotatable bonds is 8. The molecule has 116 valence electrons. The predicted molar refractivity (Wildman–Crippen MR) is 75.8 cm³/mol. The Morgan fingerprint density at radius 3 is 2.48 bits per heavy atom. The van der Waals surface area contributed by atoms with E-state index in [9.17, 15) is 19.8 Å². The predicted octanol–water partition coefficient (Wildman–Crippen LogP) is 1.39. The Bertz CT molecular complexity index is 661. The molecule has 1 rings (SSSR count). The number of hydrogen-bond donors (Lipinski definition) is 1. The zero-order valence-electron chi connectivity index (χ0n) is 16.1. The van der Waals surface area contributed by atoms with Crippen LogP contribution in [0.3, 0.4) is 0 Å². The fraction of sp³-hybridized carbons (Fsp3) is 0.500. The number of aromatic carboxylic acids is 1. The molecule has 0 radical (unpaired) electrons. The molecule has 1 aromatic carbocycles. The van der Waals surface area contributed by atoms with Gasteiger partial charge in [-0.1, -0.05) is 31.5 Å². The lowest BCUT2D eigenvalue weighted by atomic mass is 9.99. The van der Waals surface area contributed by atoms with Gasteiger partial charge in [0, 0.05) is 5.56 Å². The molecule has 0 spiro atoms. The van der Waals surface area contributed by atoms with Gasteiger partial charge in [0.1, 0.15) is 0 Å². The van der Waals surface area contributed by atoms with E-state index in [-0.39, 0.29) is 12.5 Å². The quantitative estimate of drug-likeness (QED) is 0.733. The van der Waals surface area contributed by atoms with Crippen molar-refractivity contribution >= 4 is 11.9 Å². The number of carboxylic acids is 1. The summed E-state index contributed by atoms with van der Waals surface area (Å²) in [5.74, 6) is -3.07. The summed E-state index contributed by atoms with van der Waals surface area (Å²) in [6, 6.07) is -3.11. The molecule has 0 saturated carbocycles. The number of ether oxygens (including phenoxy) is 1. The summed E-state index contributed by atoms with van der Waals surface area (Å²) in [5.41, 5.74) is -1.65. The van der Waals surface area contributed by atoms with Crippen LogP contribution in [0.2, 0.25) is 0 Å². The van der Waals surface area contributed by atoms with Crippen molar-refractivity contribution < 1.29 is 30.0 Å². The zero-order valence-corrected chi connectivity index (χ0v) is 12.1. The average Bonchev–Trinajstić information content (AvgIpc) is 2.55. The summed E-state index contributed by atoms with van der Waals surface area (Å²) in [6.45, 7) is 3.48. The van der Waals surface area contributed by atoms with Crippen LogP contribution in [0.15, 0.2) is 24.2 Å². The maximum absolute atomic E-state index is 12.3. The lowest BCUT2D eigenvalue weighted by Crippen LogP contribution is -2.26. The van der Waals surface area contributed by atoms with E-state index in [4.69, 9.17) is 10.2 Å². The van der Waals surface area contributed by atoms with E-state index in [1.165, 1.54) is 0 Å². The summed E-state index contributed by atoms with van der Waals surface area (Å²) in [7, 11) is 0. The number of carbonyl (C=O) groups excluding carboxylic acids is 2. The van der Waals surface area contributed by atoms with Crippen LogP contribution in [0.25, 0.3) is 0 Å². The molecule has 0 aliphatic carbocycles. The molecule has 0 aromatic heterocycles. The Hall–Kier alpha value is -1.88. The van der Waals surface area contributed by atoms with Crippen molar-refractivity contribution in [3.63, 3.8) is 0 Å². The van der Waals surface area contributed by atoms with E-state index < -0.39 is 53.3 Å². The SMILES string of the molecule is [2H]c1c([2H])c([2H])c(C(=O)OCC(CC)CCC(C)O)c(C(=O)[O-])c1[2H]. The molecule has 5 nitrogen and oxygen atoms in total. The van der Waals surface area contributed by atoms with Crippen LogP contribution in [0, 0.1) is 5.92 Å². The Morgan fingerprint density at radius 1 is 1.33 bits per heavy atom. The standard InChI is InChI=1S/C16H22O5/c1-3-12(9-8-11(2)17)10-21-16(20)14-7-5-4-6-13(14)15(18)19/h4-7,11-12,17H,3,8-10H2,1-2H3,(H,18,19)/p-1/i4D,5D,6D,7D. The largest absolute Gasteiger partial charge is 0.545 e. The molecule has 0 bridgehead atoms. The highest BCUT2D eigenvalue weighted by Crippen LogP contribution is 2.15. The van der Waals surface area contributed by atoms with Crippen LogP contribution in [0.4, 0.5) is 0 Å². The number of aliphatic hydroxyl groups excluding tert-OH is 1. The fourth-order valence-corrected chi connectivity index (χ4v) is 1.77. The van der Waals surface area contributed by atoms with Gasteiger partial charge in [-0.25, -0.2) is 4.79 Å². The number of esters is 1. The summed E-state index contributed by atoms with van der Waals surface area (Å²) >= 11 is 0. The second-order valence-electron chi connectivity index (χ2n) is 4.84. The lowest BCUT2D eigenvalue weighted by molar-refractivity contribution is -0.255. The van der Waals surface area contributed by atoms with Crippen LogP contribution in [-0.2, 0) is 4.74 Å². The van der Waals surface area contributed by atoms with Crippen LogP contribution in [0.1, 0.15) is 59.3 Å². The molecule has 2 unspecified atom stereocenters. The van der Waals surface area contributed by atoms with Gasteiger partial charge in [0.2, 0.25) is 0 Å². The third-order valence-electron chi connectivity index (χ3n) is 3.12. The molecule has 0 amide bonds. The highest BCUT2D eigenvalue weighted by molar-refractivity contribution is 6.01. The molecular weight excluding hydrogens is 272 g/mol. The third kappa shape index (κ3) is 5.55. The van der Waals surface area contributed by atoms with Gasteiger partial charge in [-0.2, -0.15) is 0 Å². The van der Waals surface area contributed by atoms with E-state index >= 15 is 0 Å². The van der Waals surface area contributed by atoms with Gasteiger partial charge in [0.25, 0.3) is 0 Å². The molecule has 21 heavy (non-hydrogen) atoms. The second-order valence-corrected chi connectivity index (χ2v) is 4.84. The van der Waals surface area contributed by atoms with E-state index in [1.54, 1.807) is 6.92 Å². The molecule has 5 heteroatoms. The molecule has 0 saturated heterocycles. The number of carboxylic acid groups (broad SMARTS) is 1. The topological polar surface area (TPSA) is 86.7 Å². The summed E-state index contributed by atoms with van der Waals surface area (Å²) in [6.07, 6.45) is 1.29. The van der Waals surface area contributed by atoms with Crippen LogP contribution in [0.5, 0.6) is 0 Å². The molecular formula is C16H21O5-. The van der Waals surface area contributed by atoms with Crippen LogP contribution in [-0.4, -0.2) is 29.8 Å². The highest BCUT2D eigenvalue weighted by atomic mass is 16.5. The lowest BCUT2D eigenvalue weighted by Gasteiger charge is -2.16. The number of carbonyl (C=O) groups is 2. The first-order valence-electron chi connectivity index (χ1n) is 8.78. The van der Waals surface area contributed by atoms with Crippen molar-refractivity contribution in [2.24, 2.45) is 5.92 Å². The minimum absolute atomic E-state index is 0.0444. The summed E-state index contributed by atoms with van der Waals surface area (Å²) in [5, 5.41) is 20.5. The van der Waals surface area contributed by atoms with E-state index in [0.717, 1.165) is 0 Å². The van der Waals surface area contributed by atoms with Gasteiger partial charge in [-0.15, -0.1) is 0 Å². The van der Waals surface area contributed by atoms with Crippen molar-refractivity contribution in [1.29, 1.82) is 0 Å². The zero-order chi connectivity index (χ0) is 19.3. The second kappa shape index (κ2) is 8.42. The maximum Gasteiger partial charge on any atom is 0.338 e. The highest BCUT2D eigenvalue weighted by Gasteiger charge is 2.16. The maximum atomic E-state index is 12.3. The molecule has 1 aromatic rings. The number of hydrogen-bond acceptors (Lipinski definition) is 5. The van der Waals surface area contributed by atoms with Gasteiger partial charge in [-0.3, -0.25) is 0 Å². The normalized spacial score (nSPS) is 16.1. The van der Waals surface area contributed by atoms with Crippen molar-refractivity contribution in [2.45, 2.75) is 39.2 Å². The van der Waals surface area contributed by atoms with E-state index in [1.807, 2.05) is 6.92 Å². The van der Waals surface area contributed by atoms with Crippen molar-refractivity contribution in [2.75, 3.05) is 6.61 Å². The van der Waals surface area contributed by atoms with Crippen molar-refractivity contribution in [3.05, 3.63) is 35.3 Å². The van der Waals surface area contributed by atoms with Crippen LogP contribution < -0.4 is 5.11 Å². The minimum Gasteiger partial charge on any atom is -0.545 e. The van der Waals surface area contributed by atoms with Gasteiger partial charge >= 0.3 is 5.97 Å². The van der Waals surface area contributed by atoms with Crippen LogP contribution >= 0.6 is 0 Å². The van der Waals surface area contributed by atoms with E-state index in [0.29, 0.717) is 19.3 Å². The fourth-order valence-electron chi connectivity index (χ4n) is 1.77. The number of aliphatic hydroxyl groups is 1. The monoisotopic (exact) mass is 297 g/mol. The van der Waals surface area contributed by atoms with Gasteiger partial charge in [0.05, 0.1) is 29.7 Å². The Balaban J connectivity index is 3.07. The van der Waals surface area contributed by atoms with Crippen molar-refractivity contribution in [3.8, 4) is 0 Å².